The van der Waals surface area contributed by atoms with Gasteiger partial charge in [-0.15, -0.1) is 0 Å². The summed E-state index contributed by atoms with van der Waals surface area (Å²) in [5, 5.41) is 18.4. The highest BCUT2D eigenvalue weighted by molar-refractivity contribution is 6.04. The molecule has 2 aliphatic rings. The summed E-state index contributed by atoms with van der Waals surface area (Å²) in [5.41, 5.74) is 1.65. The molecule has 4 N–H and O–H groups in total. The Balaban J connectivity index is 1.40. The number of rotatable bonds is 7. The van der Waals surface area contributed by atoms with E-state index >= 15 is 0 Å². The van der Waals surface area contributed by atoms with Crippen molar-refractivity contribution in [2.75, 3.05) is 49.5 Å². The summed E-state index contributed by atoms with van der Waals surface area (Å²) in [6.45, 7) is 4.05. The van der Waals surface area contributed by atoms with Gasteiger partial charge in [0.1, 0.15) is 6.10 Å². The maximum atomic E-state index is 13.7. The molecule has 5 amide bonds. The molecule has 0 fully saturated rings. The molecule has 226 valence electrons. The van der Waals surface area contributed by atoms with E-state index in [-0.39, 0.29) is 54.8 Å². The van der Waals surface area contributed by atoms with Gasteiger partial charge in [0.2, 0.25) is 6.79 Å². The maximum absolute atomic E-state index is 13.7. The number of aliphatic hydroxyl groups excluding tert-OH is 1. The Labute approximate surface area is 249 Å². The fraction of sp³-hybridized carbons (Fsp3) is 0.323. The number of carbonyl (C=O) groups is 3. The van der Waals surface area contributed by atoms with Gasteiger partial charge in [-0.2, -0.15) is 0 Å². The molecule has 12 heteroatoms. The second-order valence-electron chi connectivity index (χ2n) is 10.6. The van der Waals surface area contributed by atoms with E-state index in [9.17, 15) is 19.5 Å². The van der Waals surface area contributed by atoms with Crippen molar-refractivity contribution in [3.05, 3.63) is 72.3 Å². The van der Waals surface area contributed by atoms with Crippen molar-refractivity contribution in [2.45, 2.75) is 26.0 Å². The number of anilines is 3. The molecule has 3 aromatic rings. The topological polar surface area (TPSA) is 142 Å². The minimum absolute atomic E-state index is 0.112. The van der Waals surface area contributed by atoms with E-state index in [0.717, 1.165) is 0 Å². The molecule has 3 aromatic carbocycles. The van der Waals surface area contributed by atoms with Crippen LogP contribution in [0.3, 0.4) is 0 Å². The highest BCUT2D eigenvalue weighted by atomic mass is 16.7. The number of likely N-dealkylation sites (N-methyl/N-ethyl adjacent to an activating group) is 1. The normalized spacial score (nSPS) is 18.0. The Morgan fingerprint density at radius 3 is 2.53 bits per heavy atom. The zero-order chi connectivity index (χ0) is 30.5. The third-order valence-electron chi connectivity index (χ3n) is 7.40. The van der Waals surface area contributed by atoms with Crippen LogP contribution in [0.4, 0.5) is 26.7 Å². The number of benzene rings is 3. The molecule has 5 rings (SSSR count). The predicted octanol–water partition coefficient (Wildman–Crippen LogP) is 4.44. The molecular formula is C31H35N5O7. The average Bonchev–Trinajstić information content (AvgIpc) is 3.47. The van der Waals surface area contributed by atoms with Gasteiger partial charge in [0, 0.05) is 37.0 Å². The maximum Gasteiger partial charge on any atom is 0.323 e. The van der Waals surface area contributed by atoms with Crippen LogP contribution in [0.1, 0.15) is 24.2 Å². The summed E-state index contributed by atoms with van der Waals surface area (Å²) >= 11 is 0. The number of hydrogen-bond donors (Lipinski definition) is 4. The van der Waals surface area contributed by atoms with Crippen LogP contribution >= 0.6 is 0 Å². The molecule has 0 bridgehead atoms. The molecule has 43 heavy (non-hydrogen) atoms. The Hall–Kier alpha value is -4.97. The van der Waals surface area contributed by atoms with Gasteiger partial charge in [0.15, 0.2) is 17.2 Å². The van der Waals surface area contributed by atoms with Crippen LogP contribution in [0.15, 0.2) is 66.7 Å². The summed E-state index contributed by atoms with van der Waals surface area (Å²) in [6.07, 6.45) is -0.563. The van der Waals surface area contributed by atoms with Crippen molar-refractivity contribution in [3.8, 4) is 17.2 Å². The zero-order valence-electron chi connectivity index (χ0n) is 24.2. The smallest absolute Gasteiger partial charge is 0.323 e. The van der Waals surface area contributed by atoms with Gasteiger partial charge >= 0.3 is 12.1 Å². The van der Waals surface area contributed by atoms with E-state index < -0.39 is 18.2 Å². The minimum Gasteiger partial charge on any atom is -0.485 e. The van der Waals surface area contributed by atoms with Gasteiger partial charge in [-0.1, -0.05) is 31.2 Å². The molecular weight excluding hydrogens is 554 g/mol. The number of urea groups is 2. The van der Waals surface area contributed by atoms with E-state index in [0.29, 0.717) is 29.4 Å². The number of nitrogens with zero attached hydrogens (tertiary/aromatic N) is 2. The number of fused-ring (bicyclic) bond motifs is 2. The van der Waals surface area contributed by atoms with Gasteiger partial charge in [-0.05, 0) is 43.3 Å². The second-order valence-corrected chi connectivity index (χ2v) is 10.6. The van der Waals surface area contributed by atoms with Crippen molar-refractivity contribution in [1.82, 2.24) is 9.80 Å². The fourth-order valence-electron chi connectivity index (χ4n) is 4.91. The van der Waals surface area contributed by atoms with Gasteiger partial charge in [0.05, 0.1) is 30.4 Å². The first kappa shape index (κ1) is 29.5. The number of carbonyl (C=O) groups excluding carboxylic acids is 3. The molecule has 0 unspecified atom stereocenters. The monoisotopic (exact) mass is 589 g/mol. The largest absolute Gasteiger partial charge is 0.485 e. The van der Waals surface area contributed by atoms with E-state index in [1.165, 1.54) is 4.90 Å². The van der Waals surface area contributed by atoms with Crippen LogP contribution in [0.25, 0.3) is 0 Å². The van der Waals surface area contributed by atoms with Crippen LogP contribution in [0.2, 0.25) is 0 Å². The molecule has 0 saturated carbocycles. The lowest BCUT2D eigenvalue weighted by molar-refractivity contribution is 0.0373. The van der Waals surface area contributed by atoms with Crippen LogP contribution in [-0.2, 0) is 0 Å². The number of hydrogen-bond acceptors (Lipinski definition) is 7. The summed E-state index contributed by atoms with van der Waals surface area (Å²) in [7, 11) is 1.66. The summed E-state index contributed by atoms with van der Waals surface area (Å²) in [4.78, 5) is 42.9. The summed E-state index contributed by atoms with van der Waals surface area (Å²) < 4.78 is 17.2. The first-order valence-corrected chi connectivity index (χ1v) is 14.0. The molecule has 0 saturated heterocycles. The van der Waals surface area contributed by atoms with E-state index in [2.05, 4.69) is 16.0 Å². The number of ether oxygens (including phenoxy) is 3. The van der Waals surface area contributed by atoms with Crippen LogP contribution in [0.5, 0.6) is 17.2 Å². The highest BCUT2D eigenvalue weighted by Crippen LogP contribution is 2.36. The van der Waals surface area contributed by atoms with E-state index in [4.69, 9.17) is 14.2 Å². The van der Waals surface area contributed by atoms with Crippen LogP contribution in [0, 0.1) is 5.92 Å². The zero-order valence-corrected chi connectivity index (χ0v) is 24.2. The fourth-order valence-corrected chi connectivity index (χ4v) is 4.91. The molecule has 0 spiro atoms. The van der Waals surface area contributed by atoms with Gasteiger partial charge in [-0.25, -0.2) is 9.59 Å². The van der Waals surface area contributed by atoms with Crippen molar-refractivity contribution in [1.29, 1.82) is 0 Å². The van der Waals surface area contributed by atoms with Gasteiger partial charge in [-0.3, -0.25) is 4.79 Å². The van der Waals surface area contributed by atoms with E-state index in [1.54, 1.807) is 67.4 Å². The minimum atomic E-state index is -0.563. The number of nitrogens with one attached hydrogen (secondary N) is 3. The summed E-state index contributed by atoms with van der Waals surface area (Å²) in [6, 6.07) is 17.7. The molecule has 0 aliphatic carbocycles. The predicted molar refractivity (Wildman–Crippen MR) is 161 cm³/mol. The van der Waals surface area contributed by atoms with Gasteiger partial charge in [0.25, 0.3) is 5.91 Å². The SMILES string of the molecule is C[C@H]1CN([C@@H](C)CO)C(=O)c2cccc(NC(=O)Nc3ccc4c(c3)OCO4)c2O[C@@H]1CN(C)C(=O)Nc1ccccc1. The van der Waals surface area contributed by atoms with Crippen molar-refractivity contribution < 1.29 is 33.7 Å². The number of aliphatic hydroxyl groups is 1. The molecule has 12 nitrogen and oxygen atoms in total. The number of para-hydroxylation sites is 2. The standard InChI is InChI=1S/C31H35N5O7/c1-19-15-36(20(2)17-37)29(38)23-10-7-11-24(34-30(39)32-22-12-13-25-26(14-22)42-18-41-25)28(23)43-27(19)16-35(3)31(40)33-21-8-5-4-6-9-21/h4-14,19-20,27,37H,15-18H2,1-3H3,(H,33,40)(H2,32,34,39)/t19-,20-,27+/m0/s1. The Morgan fingerprint density at radius 1 is 1.00 bits per heavy atom. The third-order valence-corrected chi connectivity index (χ3v) is 7.40. The molecule has 3 atom stereocenters. The lowest BCUT2D eigenvalue weighted by Gasteiger charge is -2.38. The van der Waals surface area contributed by atoms with Gasteiger partial charge < -0.3 is 45.1 Å². The summed E-state index contributed by atoms with van der Waals surface area (Å²) in [5.74, 6) is 0.709. The van der Waals surface area contributed by atoms with E-state index in [1.807, 2.05) is 25.1 Å². The van der Waals surface area contributed by atoms with Crippen LogP contribution < -0.4 is 30.2 Å². The lowest BCUT2D eigenvalue weighted by atomic mass is 9.99. The average molecular weight is 590 g/mol. The number of amides is 5. The Kier molecular flexibility index (Phi) is 8.86. The highest BCUT2D eigenvalue weighted by Gasteiger charge is 2.35. The first-order valence-electron chi connectivity index (χ1n) is 14.0. The Bertz CT molecular complexity index is 1480. The quantitative estimate of drug-likeness (QED) is 0.319. The van der Waals surface area contributed by atoms with Crippen molar-refractivity contribution in [2.24, 2.45) is 5.92 Å². The molecule has 0 aromatic heterocycles. The third kappa shape index (κ3) is 6.75. The van der Waals surface area contributed by atoms with Crippen molar-refractivity contribution in [3.63, 3.8) is 0 Å². The first-order chi connectivity index (χ1) is 20.7. The van der Waals surface area contributed by atoms with Crippen LogP contribution in [-0.4, -0.2) is 78.6 Å². The molecule has 2 heterocycles. The Morgan fingerprint density at radius 2 is 1.77 bits per heavy atom. The lowest BCUT2D eigenvalue weighted by Crippen LogP contribution is -2.50. The molecule has 0 radical (unpaired) electrons. The van der Waals surface area contributed by atoms with Crippen molar-refractivity contribution >= 4 is 35.0 Å². The molecule has 2 aliphatic heterocycles. The second kappa shape index (κ2) is 12.9.